The van der Waals surface area contributed by atoms with Gasteiger partial charge in [0.05, 0.1) is 6.61 Å². The van der Waals surface area contributed by atoms with Gasteiger partial charge in [0, 0.05) is 17.8 Å². The van der Waals surface area contributed by atoms with Gasteiger partial charge >= 0.3 is 5.97 Å². The van der Waals surface area contributed by atoms with Crippen molar-refractivity contribution in [2.75, 3.05) is 18.5 Å². The normalized spacial score (nSPS) is 14.5. The average molecular weight is 250 g/mol. The number of carbonyl (C=O) groups is 2. The smallest absolute Gasteiger partial charge is 0.328 e. The molecule has 0 bridgehead atoms. The molecule has 1 aliphatic rings. The molecule has 96 valence electrons. The molecule has 2 rings (SSSR count). The van der Waals surface area contributed by atoms with Gasteiger partial charge in [-0.15, -0.1) is 0 Å². The van der Waals surface area contributed by atoms with Gasteiger partial charge in [-0.3, -0.25) is 4.79 Å². The van der Waals surface area contributed by atoms with E-state index in [9.17, 15) is 9.59 Å². The van der Waals surface area contributed by atoms with E-state index in [0.29, 0.717) is 5.56 Å². The molecule has 0 unspecified atom stereocenters. The summed E-state index contributed by atoms with van der Waals surface area (Å²) in [6.07, 6.45) is 0.846. The van der Waals surface area contributed by atoms with Gasteiger partial charge in [-0.2, -0.15) is 0 Å². The molecule has 0 saturated heterocycles. The van der Waals surface area contributed by atoms with Crippen LogP contribution < -0.4 is 10.6 Å². The van der Waals surface area contributed by atoms with E-state index in [0.717, 1.165) is 24.2 Å². The van der Waals surface area contributed by atoms with Crippen LogP contribution in [0.1, 0.15) is 15.9 Å². The van der Waals surface area contributed by atoms with E-state index in [4.69, 9.17) is 10.2 Å². The molecule has 1 aromatic rings. The van der Waals surface area contributed by atoms with Crippen molar-refractivity contribution in [3.8, 4) is 0 Å². The van der Waals surface area contributed by atoms with Crippen LogP contribution in [0.3, 0.4) is 0 Å². The van der Waals surface area contributed by atoms with Crippen LogP contribution in [0.5, 0.6) is 0 Å². The largest absolute Gasteiger partial charge is 0.480 e. The lowest BCUT2D eigenvalue weighted by molar-refractivity contribution is -0.140. The van der Waals surface area contributed by atoms with Crippen molar-refractivity contribution in [1.29, 1.82) is 0 Å². The molecule has 0 radical (unpaired) electrons. The molecular weight excluding hydrogens is 236 g/mol. The SMILES string of the molecule is O=C(N[C@H](CO)C(=O)O)c1ccc2c(c1)CCN2. The molecule has 0 saturated carbocycles. The van der Waals surface area contributed by atoms with E-state index in [2.05, 4.69) is 10.6 Å². The third-order valence-electron chi connectivity index (χ3n) is 2.86. The molecule has 1 amide bonds. The predicted octanol–water partition coefficient (Wildman–Crippen LogP) is -0.170. The standard InChI is InChI=1S/C12H14N2O4/c15-6-10(12(17)18)14-11(16)8-1-2-9-7(5-8)3-4-13-9/h1-2,5,10,13,15H,3-4,6H2,(H,14,16)(H,17,18)/t10-/m1/s1. The monoisotopic (exact) mass is 250 g/mol. The summed E-state index contributed by atoms with van der Waals surface area (Å²) < 4.78 is 0. The Kier molecular flexibility index (Phi) is 3.47. The summed E-state index contributed by atoms with van der Waals surface area (Å²) in [5.41, 5.74) is 2.44. The highest BCUT2D eigenvalue weighted by atomic mass is 16.4. The molecular formula is C12H14N2O4. The van der Waals surface area contributed by atoms with Gasteiger partial charge in [0.2, 0.25) is 0 Å². The minimum absolute atomic E-state index is 0.400. The van der Waals surface area contributed by atoms with Crippen molar-refractivity contribution < 1.29 is 19.8 Å². The molecule has 1 aliphatic heterocycles. The molecule has 1 atom stereocenters. The Labute approximate surface area is 104 Å². The van der Waals surface area contributed by atoms with Gasteiger partial charge in [-0.1, -0.05) is 0 Å². The Morgan fingerprint density at radius 1 is 1.44 bits per heavy atom. The molecule has 6 nitrogen and oxygen atoms in total. The Morgan fingerprint density at radius 3 is 2.89 bits per heavy atom. The maximum atomic E-state index is 11.8. The lowest BCUT2D eigenvalue weighted by atomic mass is 10.1. The first-order valence-corrected chi connectivity index (χ1v) is 5.63. The number of hydrogen-bond donors (Lipinski definition) is 4. The van der Waals surface area contributed by atoms with Gasteiger partial charge in [0.25, 0.3) is 5.91 Å². The van der Waals surface area contributed by atoms with E-state index in [1.165, 1.54) is 0 Å². The number of carboxylic acids is 1. The second kappa shape index (κ2) is 5.05. The third-order valence-corrected chi connectivity index (χ3v) is 2.86. The van der Waals surface area contributed by atoms with Gasteiger partial charge < -0.3 is 20.8 Å². The van der Waals surface area contributed by atoms with Crippen molar-refractivity contribution in [2.45, 2.75) is 12.5 Å². The zero-order valence-corrected chi connectivity index (χ0v) is 9.64. The zero-order valence-electron chi connectivity index (χ0n) is 9.64. The topological polar surface area (TPSA) is 98.7 Å². The molecule has 0 spiro atoms. The van der Waals surface area contributed by atoms with Crippen LogP contribution in [-0.4, -0.2) is 41.3 Å². The summed E-state index contributed by atoms with van der Waals surface area (Å²) in [7, 11) is 0. The fourth-order valence-electron chi connectivity index (χ4n) is 1.87. The summed E-state index contributed by atoms with van der Waals surface area (Å²) >= 11 is 0. The van der Waals surface area contributed by atoms with Crippen molar-refractivity contribution in [3.05, 3.63) is 29.3 Å². The minimum atomic E-state index is -1.27. The number of nitrogens with one attached hydrogen (secondary N) is 2. The van der Waals surface area contributed by atoms with Crippen LogP contribution in [0.2, 0.25) is 0 Å². The highest BCUT2D eigenvalue weighted by molar-refractivity contribution is 5.97. The Hall–Kier alpha value is -2.08. The van der Waals surface area contributed by atoms with Crippen LogP contribution in [0.4, 0.5) is 5.69 Å². The summed E-state index contributed by atoms with van der Waals surface area (Å²) in [5, 5.41) is 23.0. The molecule has 1 aromatic carbocycles. The Bertz CT molecular complexity index is 487. The summed E-state index contributed by atoms with van der Waals surface area (Å²) in [6.45, 7) is 0.211. The lowest BCUT2D eigenvalue weighted by Crippen LogP contribution is -2.43. The molecule has 6 heteroatoms. The van der Waals surface area contributed by atoms with Crippen LogP contribution in [0, 0.1) is 0 Å². The van der Waals surface area contributed by atoms with E-state index >= 15 is 0 Å². The maximum Gasteiger partial charge on any atom is 0.328 e. The number of fused-ring (bicyclic) bond motifs is 1. The van der Waals surface area contributed by atoms with Crippen LogP contribution in [-0.2, 0) is 11.2 Å². The quantitative estimate of drug-likeness (QED) is 0.594. The Balaban J connectivity index is 2.12. The van der Waals surface area contributed by atoms with E-state index < -0.39 is 24.5 Å². The first-order chi connectivity index (χ1) is 8.61. The van der Waals surface area contributed by atoms with Crippen molar-refractivity contribution in [2.24, 2.45) is 0 Å². The number of aliphatic carboxylic acids is 1. The van der Waals surface area contributed by atoms with E-state index in [1.54, 1.807) is 18.2 Å². The highest BCUT2D eigenvalue weighted by Gasteiger charge is 2.20. The van der Waals surface area contributed by atoms with Crippen molar-refractivity contribution in [3.63, 3.8) is 0 Å². The maximum absolute atomic E-state index is 11.8. The highest BCUT2D eigenvalue weighted by Crippen LogP contribution is 2.22. The first-order valence-electron chi connectivity index (χ1n) is 5.63. The summed E-state index contributed by atoms with van der Waals surface area (Å²) in [5.74, 6) is -1.75. The van der Waals surface area contributed by atoms with E-state index in [1.807, 2.05) is 0 Å². The zero-order chi connectivity index (χ0) is 13.1. The number of carbonyl (C=O) groups excluding carboxylic acids is 1. The number of anilines is 1. The molecule has 18 heavy (non-hydrogen) atoms. The van der Waals surface area contributed by atoms with Gasteiger partial charge in [-0.25, -0.2) is 4.79 Å². The average Bonchev–Trinajstić information content (AvgIpc) is 2.82. The van der Waals surface area contributed by atoms with Crippen molar-refractivity contribution >= 4 is 17.6 Å². The number of aliphatic hydroxyl groups excluding tert-OH is 1. The minimum Gasteiger partial charge on any atom is -0.480 e. The number of rotatable bonds is 4. The lowest BCUT2D eigenvalue weighted by Gasteiger charge is -2.12. The summed E-state index contributed by atoms with van der Waals surface area (Å²) in [6, 6.07) is 3.89. The molecule has 4 N–H and O–H groups in total. The summed E-state index contributed by atoms with van der Waals surface area (Å²) in [4.78, 5) is 22.5. The number of hydrogen-bond acceptors (Lipinski definition) is 4. The third kappa shape index (κ3) is 2.43. The number of carboxylic acid groups (broad SMARTS) is 1. The van der Waals surface area contributed by atoms with Crippen molar-refractivity contribution in [1.82, 2.24) is 5.32 Å². The fourth-order valence-corrected chi connectivity index (χ4v) is 1.87. The number of aliphatic hydroxyl groups is 1. The van der Waals surface area contributed by atoms with E-state index in [-0.39, 0.29) is 0 Å². The molecule has 0 fully saturated rings. The van der Waals surface area contributed by atoms with Gasteiger partial charge in [-0.05, 0) is 30.2 Å². The van der Waals surface area contributed by atoms with Crippen LogP contribution >= 0.6 is 0 Å². The number of amides is 1. The van der Waals surface area contributed by atoms with Gasteiger partial charge in [0.1, 0.15) is 0 Å². The first kappa shape index (κ1) is 12.4. The molecule has 0 aromatic heterocycles. The second-order valence-electron chi connectivity index (χ2n) is 4.10. The number of benzene rings is 1. The predicted molar refractivity (Wildman–Crippen MR) is 64.6 cm³/mol. The molecule has 0 aliphatic carbocycles. The second-order valence-corrected chi connectivity index (χ2v) is 4.10. The van der Waals surface area contributed by atoms with Crippen LogP contribution in [0.15, 0.2) is 18.2 Å². The van der Waals surface area contributed by atoms with Crippen LogP contribution in [0.25, 0.3) is 0 Å². The molecule has 1 heterocycles. The Morgan fingerprint density at radius 2 is 2.22 bits per heavy atom. The fraction of sp³-hybridized carbons (Fsp3) is 0.333. The van der Waals surface area contributed by atoms with Gasteiger partial charge in [0.15, 0.2) is 6.04 Å².